The van der Waals surface area contributed by atoms with Gasteiger partial charge in [0.1, 0.15) is 12.7 Å². The van der Waals surface area contributed by atoms with Crippen LogP contribution in [0.4, 0.5) is 0 Å². The quantitative estimate of drug-likeness (QED) is 0.173. The molecule has 11 heteroatoms. The number of ether oxygens (including phenoxy) is 5. The summed E-state index contributed by atoms with van der Waals surface area (Å²) >= 11 is 0. The molecule has 0 spiro atoms. The number of carbonyl (C=O) groups excluding carboxylic acids is 5. The summed E-state index contributed by atoms with van der Waals surface area (Å²) < 4.78 is 26.8. The van der Waals surface area contributed by atoms with E-state index in [1.54, 1.807) is 6.08 Å². The average Bonchev–Trinajstić information content (AvgIpc) is 2.75. The molecule has 5 atom stereocenters. The fraction of sp³-hybridized carbons (Fsp3) is 0.708. The first-order valence-corrected chi connectivity index (χ1v) is 11.8. The van der Waals surface area contributed by atoms with Crippen molar-refractivity contribution in [3.63, 3.8) is 0 Å². The van der Waals surface area contributed by atoms with E-state index in [4.69, 9.17) is 23.7 Å². The normalized spacial score (nSPS) is 23.9. The molecule has 1 heterocycles. The fourth-order valence-corrected chi connectivity index (χ4v) is 3.59. The number of amides is 1. The Morgan fingerprint density at radius 3 is 1.91 bits per heavy atom. The first kappa shape index (κ1) is 30.1. The molecule has 1 aliphatic heterocycles. The zero-order chi connectivity index (χ0) is 26.4. The number of unbranched alkanes of at least 4 members (excludes halogenated alkanes) is 5. The summed E-state index contributed by atoms with van der Waals surface area (Å²) in [7, 11) is 0. The van der Waals surface area contributed by atoms with Gasteiger partial charge < -0.3 is 29.0 Å². The Bertz CT molecular complexity index is 765. The number of hydrogen-bond donors (Lipinski definition) is 1. The minimum Gasteiger partial charge on any atom is -0.463 e. The van der Waals surface area contributed by atoms with E-state index in [0.717, 1.165) is 52.9 Å². The van der Waals surface area contributed by atoms with Crippen LogP contribution >= 0.6 is 0 Å². The highest BCUT2D eigenvalue weighted by atomic mass is 16.7. The molecule has 0 aromatic carbocycles. The number of rotatable bonds is 13. The van der Waals surface area contributed by atoms with Crippen molar-refractivity contribution in [1.29, 1.82) is 0 Å². The van der Waals surface area contributed by atoms with E-state index in [1.165, 1.54) is 19.4 Å². The number of nitrogens with one attached hydrogen (secondary N) is 1. The molecular weight excluding hydrogens is 462 g/mol. The van der Waals surface area contributed by atoms with E-state index < -0.39 is 60.4 Å². The number of allylic oxidation sites excluding steroid dienone is 1. The molecule has 1 N–H and O–H groups in total. The molecule has 0 bridgehead atoms. The van der Waals surface area contributed by atoms with Crippen molar-refractivity contribution >= 4 is 29.8 Å². The minimum absolute atomic E-state index is 0.363. The summed E-state index contributed by atoms with van der Waals surface area (Å²) in [6.45, 7) is 6.35. The van der Waals surface area contributed by atoms with E-state index in [-0.39, 0.29) is 6.61 Å². The highest BCUT2D eigenvalue weighted by Crippen LogP contribution is 2.28. The van der Waals surface area contributed by atoms with Gasteiger partial charge in [-0.15, -0.1) is 0 Å². The van der Waals surface area contributed by atoms with E-state index in [2.05, 4.69) is 12.2 Å². The van der Waals surface area contributed by atoms with Gasteiger partial charge in [-0.05, 0) is 18.9 Å². The lowest BCUT2D eigenvalue weighted by Gasteiger charge is -2.44. The number of carbonyl (C=O) groups is 5. The van der Waals surface area contributed by atoms with Crippen LogP contribution in [0.5, 0.6) is 0 Å². The maximum atomic E-state index is 12.5. The van der Waals surface area contributed by atoms with Crippen molar-refractivity contribution in [3.05, 3.63) is 12.2 Å². The Morgan fingerprint density at radius 2 is 1.34 bits per heavy atom. The standard InChI is InChI=1S/C24H37NO10/c1-6-7-8-9-10-11-12-13-20(30)25-24-23(34-18(5)29)22(33-17(4)28)21(32-16(3)27)19(35-24)14-31-15(2)26/h12-13,19,21-24H,6-11,14H2,1-5H3,(H,25,30)/b13-12+/t19-,21-,22+,23-,24-/m1/s1. The fourth-order valence-electron chi connectivity index (χ4n) is 3.59. The smallest absolute Gasteiger partial charge is 0.303 e. The van der Waals surface area contributed by atoms with Gasteiger partial charge in [-0.3, -0.25) is 24.0 Å². The van der Waals surface area contributed by atoms with Gasteiger partial charge in [0.05, 0.1) is 0 Å². The maximum absolute atomic E-state index is 12.5. The molecule has 198 valence electrons. The average molecular weight is 500 g/mol. The summed E-state index contributed by atoms with van der Waals surface area (Å²) in [5.41, 5.74) is 0. The second kappa shape index (κ2) is 15.9. The SMILES string of the molecule is CCCCCCC/C=C/C(=O)N[C@@H]1O[C@H](COC(C)=O)[C@@H](OC(C)=O)[C@H](OC(C)=O)[C@H]1OC(C)=O. The van der Waals surface area contributed by atoms with E-state index in [1.807, 2.05) is 0 Å². The third-order valence-electron chi connectivity index (χ3n) is 5.02. The second-order valence-corrected chi connectivity index (χ2v) is 8.23. The van der Waals surface area contributed by atoms with E-state index in [0.29, 0.717) is 0 Å². The van der Waals surface area contributed by atoms with Gasteiger partial charge in [0.15, 0.2) is 24.5 Å². The zero-order valence-electron chi connectivity index (χ0n) is 21.1. The van der Waals surface area contributed by atoms with Gasteiger partial charge in [-0.25, -0.2) is 0 Å². The summed E-state index contributed by atoms with van der Waals surface area (Å²) in [4.78, 5) is 59.2. The third-order valence-corrected chi connectivity index (χ3v) is 5.02. The van der Waals surface area contributed by atoms with Gasteiger partial charge >= 0.3 is 23.9 Å². The molecule has 1 fully saturated rings. The molecule has 1 aliphatic rings. The van der Waals surface area contributed by atoms with Crippen LogP contribution in [0, 0.1) is 0 Å². The molecule has 35 heavy (non-hydrogen) atoms. The third kappa shape index (κ3) is 11.8. The molecule has 0 unspecified atom stereocenters. The van der Waals surface area contributed by atoms with Crippen LogP contribution in [0.3, 0.4) is 0 Å². The number of esters is 4. The Hall–Kier alpha value is -2.95. The molecule has 0 aromatic rings. The molecule has 0 radical (unpaired) electrons. The van der Waals surface area contributed by atoms with Gasteiger partial charge in [0.25, 0.3) is 0 Å². The van der Waals surface area contributed by atoms with Gasteiger partial charge in [-0.1, -0.05) is 38.7 Å². The van der Waals surface area contributed by atoms with Gasteiger partial charge in [0, 0.05) is 27.7 Å². The topological polar surface area (TPSA) is 144 Å². The second-order valence-electron chi connectivity index (χ2n) is 8.23. The van der Waals surface area contributed by atoms with Crippen molar-refractivity contribution in [2.24, 2.45) is 0 Å². The molecule has 1 saturated heterocycles. The van der Waals surface area contributed by atoms with Crippen molar-refractivity contribution in [2.45, 2.75) is 104 Å². The molecule has 0 aromatic heterocycles. The Kier molecular flexibility index (Phi) is 13.6. The van der Waals surface area contributed by atoms with Crippen LogP contribution in [-0.4, -0.2) is 67.0 Å². The molecule has 0 aliphatic carbocycles. The highest BCUT2D eigenvalue weighted by Gasteiger charge is 2.52. The largest absolute Gasteiger partial charge is 0.463 e. The Morgan fingerprint density at radius 1 is 0.771 bits per heavy atom. The number of hydrogen-bond acceptors (Lipinski definition) is 10. The molecule has 1 amide bonds. The zero-order valence-corrected chi connectivity index (χ0v) is 21.1. The molecule has 11 nitrogen and oxygen atoms in total. The van der Waals surface area contributed by atoms with Crippen molar-refractivity contribution in [2.75, 3.05) is 6.61 Å². The lowest BCUT2D eigenvalue weighted by Crippen LogP contribution is -2.66. The summed E-state index contributed by atoms with van der Waals surface area (Å²) in [6, 6.07) is 0. The maximum Gasteiger partial charge on any atom is 0.303 e. The van der Waals surface area contributed by atoms with Crippen LogP contribution in [0.25, 0.3) is 0 Å². The van der Waals surface area contributed by atoms with Crippen LogP contribution in [0.15, 0.2) is 12.2 Å². The van der Waals surface area contributed by atoms with Crippen LogP contribution in [0.1, 0.15) is 73.1 Å². The molecular formula is C24H37NO10. The van der Waals surface area contributed by atoms with Crippen LogP contribution < -0.4 is 5.32 Å². The van der Waals surface area contributed by atoms with Crippen molar-refractivity contribution in [1.82, 2.24) is 5.32 Å². The van der Waals surface area contributed by atoms with Crippen molar-refractivity contribution < 1.29 is 47.7 Å². The van der Waals surface area contributed by atoms with E-state index >= 15 is 0 Å². The summed E-state index contributed by atoms with van der Waals surface area (Å²) in [5, 5.41) is 2.58. The molecule has 0 saturated carbocycles. The van der Waals surface area contributed by atoms with E-state index in [9.17, 15) is 24.0 Å². The summed E-state index contributed by atoms with van der Waals surface area (Å²) in [6.07, 6.45) is 2.93. The van der Waals surface area contributed by atoms with Crippen LogP contribution in [-0.2, 0) is 47.7 Å². The lowest BCUT2D eigenvalue weighted by atomic mass is 9.97. The van der Waals surface area contributed by atoms with Gasteiger partial charge in [-0.2, -0.15) is 0 Å². The van der Waals surface area contributed by atoms with Crippen molar-refractivity contribution in [3.8, 4) is 0 Å². The first-order chi connectivity index (χ1) is 16.5. The lowest BCUT2D eigenvalue weighted by molar-refractivity contribution is -0.256. The summed E-state index contributed by atoms with van der Waals surface area (Å²) in [5.74, 6) is -3.36. The monoisotopic (exact) mass is 499 g/mol. The van der Waals surface area contributed by atoms with Gasteiger partial charge in [0.2, 0.25) is 5.91 Å². The molecule has 1 rings (SSSR count). The highest BCUT2D eigenvalue weighted by molar-refractivity contribution is 5.87. The first-order valence-electron chi connectivity index (χ1n) is 11.8. The Balaban J connectivity index is 3.08. The van der Waals surface area contributed by atoms with Crippen LogP contribution in [0.2, 0.25) is 0 Å². The Labute approximate surface area is 205 Å². The predicted molar refractivity (Wildman–Crippen MR) is 123 cm³/mol. The minimum atomic E-state index is -1.33. The predicted octanol–water partition coefficient (Wildman–Crippen LogP) is 2.10.